The lowest BCUT2D eigenvalue weighted by Gasteiger charge is -2.19. The van der Waals surface area contributed by atoms with E-state index in [9.17, 15) is 9.18 Å². The van der Waals surface area contributed by atoms with Gasteiger partial charge >= 0.3 is 6.09 Å². The largest absolute Gasteiger partial charge is 0.444 e. The molecule has 1 aromatic carbocycles. The molecule has 0 fully saturated rings. The number of H-pyrrole nitrogens is 1. The van der Waals surface area contributed by atoms with Crippen LogP contribution in [0.15, 0.2) is 30.6 Å². The van der Waals surface area contributed by atoms with Crippen LogP contribution >= 0.6 is 0 Å². The first-order chi connectivity index (χ1) is 9.35. The van der Waals surface area contributed by atoms with Crippen molar-refractivity contribution in [3.8, 4) is 11.1 Å². The summed E-state index contributed by atoms with van der Waals surface area (Å²) in [7, 11) is 0. The van der Waals surface area contributed by atoms with E-state index in [0.29, 0.717) is 16.8 Å². The second-order valence-electron chi connectivity index (χ2n) is 5.31. The van der Waals surface area contributed by atoms with Gasteiger partial charge in [-0.05, 0) is 39.0 Å². The molecule has 0 aliphatic carbocycles. The van der Waals surface area contributed by atoms with E-state index < -0.39 is 11.7 Å². The van der Waals surface area contributed by atoms with E-state index in [1.54, 1.807) is 27.0 Å². The average molecular weight is 277 g/mol. The van der Waals surface area contributed by atoms with Gasteiger partial charge in [-0.3, -0.25) is 10.4 Å². The number of rotatable bonds is 2. The van der Waals surface area contributed by atoms with Gasteiger partial charge in [0.2, 0.25) is 0 Å². The molecule has 0 atom stereocenters. The summed E-state index contributed by atoms with van der Waals surface area (Å²) in [6.45, 7) is 5.32. The normalized spacial score (nSPS) is 11.2. The third kappa shape index (κ3) is 3.57. The van der Waals surface area contributed by atoms with Gasteiger partial charge in [-0.2, -0.15) is 5.10 Å². The summed E-state index contributed by atoms with van der Waals surface area (Å²) in [6.07, 6.45) is 2.51. The Hall–Kier alpha value is -2.37. The van der Waals surface area contributed by atoms with E-state index in [1.165, 1.54) is 24.4 Å². The van der Waals surface area contributed by atoms with Gasteiger partial charge in [-0.25, -0.2) is 9.18 Å². The number of hydrogen-bond donors (Lipinski definition) is 2. The molecule has 0 aliphatic heterocycles. The second kappa shape index (κ2) is 5.32. The maximum atomic E-state index is 13.8. The Bertz CT molecular complexity index is 603. The minimum Gasteiger partial charge on any atom is -0.444 e. The molecule has 1 heterocycles. The number of benzene rings is 1. The number of hydrogen-bond acceptors (Lipinski definition) is 3. The van der Waals surface area contributed by atoms with E-state index >= 15 is 0 Å². The van der Waals surface area contributed by atoms with Crippen molar-refractivity contribution in [3.05, 3.63) is 36.4 Å². The Balaban J connectivity index is 2.18. The molecule has 106 valence electrons. The van der Waals surface area contributed by atoms with Crippen molar-refractivity contribution >= 4 is 11.8 Å². The van der Waals surface area contributed by atoms with Crippen LogP contribution in [0.5, 0.6) is 0 Å². The first-order valence-corrected chi connectivity index (χ1v) is 6.14. The molecule has 2 rings (SSSR count). The maximum Gasteiger partial charge on any atom is 0.412 e. The van der Waals surface area contributed by atoms with Gasteiger partial charge in [0.1, 0.15) is 11.4 Å². The van der Waals surface area contributed by atoms with E-state index in [4.69, 9.17) is 4.74 Å². The molecule has 5 nitrogen and oxygen atoms in total. The number of carbonyl (C=O) groups is 1. The van der Waals surface area contributed by atoms with Crippen LogP contribution in [0.3, 0.4) is 0 Å². The predicted octanol–water partition coefficient (Wildman–Crippen LogP) is 3.56. The number of nitrogens with zero attached hydrogens (tertiary/aromatic N) is 1. The van der Waals surface area contributed by atoms with E-state index in [2.05, 4.69) is 15.5 Å². The van der Waals surface area contributed by atoms with Crippen LogP contribution in [0.4, 0.5) is 14.9 Å². The van der Waals surface area contributed by atoms with Crippen LogP contribution in [-0.2, 0) is 4.74 Å². The van der Waals surface area contributed by atoms with Crippen LogP contribution in [0, 0.1) is 5.82 Å². The predicted molar refractivity (Wildman–Crippen MR) is 73.8 cm³/mol. The number of ether oxygens (including phenoxy) is 1. The Morgan fingerprint density at radius 2 is 2.15 bits per heavy atom. The quantitative estimate of drug-likeness (QED) is 0.882. The third-order valence-corrected chi connectivity index (χ3v) is 2.42. The monoisotopic (exact) mass is 277 g/mol. The SMILES string of the molecule is CC(C)(C)OC(=O)Nc1ccc(F)c(-c2cn[nH]c2)c1. The molecule has 2 N–H and O–H groups in total. The Morgan fingerprint density at radius 3 is 2.75 bits per heavy atom. The highest BCUT2D eigenvalue weighted by atomic mass is 19.1. The number of aromatic amines is 1. The minimum atomic E-state index is -0.586. The zero-order valence-corrected chi connectivity index (χ0v) is 11.5. The summed E-state index contributed by atoms with van der Waals surface area (Å²) in [6, 6.07) is 4.29. The lowest BCUT2D eigenvalue weighted by Crippen LogP contribution is -2.27. The van der Waals surface area contributed by atoms with E-state index in [-0.39, 0.29) is 5.82 Å². The number of anilines is 1. The molecule has 0 spiro atoms. The zero-order chi connectivity index (χ0) is 14.8. The molecule has 0 bridgehead atoms. The Morgan fingerprint density at radius 1 is 1.40 bits per heavy atom. The molecule has 0 saturated heterocycles. The number of aromatic nitrogens is 2. The molecular weight excluding hydrogens is 261 g/mol. The molecule has 6 heteroatoms. The van der Waals surface area contributed by atoms with Crippen LogP contribution in [-0.4, -0.2) is 21.9 Å². The topological polar surface area (TPSA) is 67.0 Å². The van der Waals surface area contributed by atoms with Crippen LogP contribution in [0.1, 0.15) is 20.8 Å². The first-order valence-electron chi connectivity index (χ1n) is 6.14. The van der Waals surface area contributed by atoms with E-state index in [0.717, 1.165) is 0 Å². The van der Waals surface area contributed by atoms with Gasteiger partial charge in [-0.1, -0.05) is 0 Å². The molecule has 0 unspecified atom stereocenters. The first kappa shape index (κ1) is 14.0. The molecule has 1 aromatic heterocycles. The van der Waals surface area contributed by atoms with Gasteiger partial charge in [0.15, 0.2) is 0 Å². The van der Waals surface area contributed by atoms with Gasteiger partial charge in [-0.15, -0.1) is 0 Å². The van der Waals surface area contributed by atoms with Crippen LogP contribution in [0.25, 0.3) is 11.1 Å². The average Bonchev–Trinajstić information content (AvgIpc) is 2.82. The fraction of sp³-hybridized carbons (Fsp3) is 0.286. The minimum absolute atomic E-state index is 0.354. The highest BCUT2D eigenvalue weighted by Crippen LogP contribution is 2.25. The van der Waals surface area contributed by atoms with Crippen molar-refractivity contribution < 1.29 is 13.9 Å². The maximum absolute atomic E-state index is 13.8. The van der Waals surface area contributed by atoms with Crippen LogP contribution in [0.2, 0.25) is 0 Å². The number of amides is 1. The summed E-state index contributed by atoms with van der Waals surface area (Å²) in [4.78, 5) is 11.7. The van der Waals surface area contributed by atoms with Gasteiger partial charge < -0.3 is 4.74 Å². The lowest BCUT2D eigenvalue weighted by atomic mass is 10.1. The van der Waals surface area contributed by atoms with Crippen molar-refractivity contribution in [2.75, 3.05) is 5.32 Å². The highest BCUT2D eigenvalue weighted by Gasteiger charge is 2.16. The summed E-state index contributed by atoms with van der Waals surface area (Å²) < 4.78 is 18.9. The second-order valence-corrected chi connectivity index (χ2v) is 5.31. The molecule has 1 amide bonds. The molecule has 2 aromatic rings. The standard InChI is InChI=1S/C14H16FN3O2/c1-14(2,3)20-13(19)18-10-4-5-12(15)11(6-10)9-7-16-17-8-9/h4-8H,1-3H3,(H,16,17)(H,18,19). The van der Waals surface area contributed by atoms with Gasteiger partial charge in [0.05, 0.1) is 6.20 Å². The van der Waals surface area contributed by atoms with Gasteiger partial charge in [0, 0.05) is 23.0 Å². The fourth-order valence-corrected chi connectivity index (χ4v) is 1.64. The summed E-state index contributed by atoms with van der Waals surface area (Å²) in [5.41, 5.74) is 0.830. The summed E-state index contributed by atoms with van der Waals surface area (Å²) >= 11 is 0. The van der Waals surface area contributed by atoms with E-state index in [1.807, 2.05) is 0 Å². The van der Waals surface area contributed by atoms with Crippen molar-refractivity contribution in [1.82, 2.24) is 10.2 Å². The Labute approximate surface area is 116 Å². The van der Waals surface area contributed by atoms with Crippen molar-refractivity contribution in [2.24, 2.45) is 0 Å². The molecule has 0 aliphatic rings. The third-order valence-electron chi connectivity index (χ3n) is 2.42. The molecule has 20 heavy (non-hydrogen) atoms. The number of carbonyl (C=O) groups excluding carboxylic acids is 1. The molecule has 0 radical (unpaired) electrons. The molecular formula is C14H16FN3O2. The smallest absolute Gasteiger partial charge is 0.412 e. The number of halogens is 1. The highest BCUT2D eigenvalue weighted by molar-refractivity contribution is 5.86. The van der Waals surface area contributed by atoms with Crippen molar-refractivity contribution in [2.45, 2.75) is 26.4 Å². The summed E-state index contributed by atoms with van der Waals surface area (Å²) in [5.74, 6) is -0.388. The van der Waals surface area contributed by atoms with Crippen molar-refractivity contribution in [1.29, 1.82) is 0 Å². The Kier molecular flexibility index (Phi) is 3.74. The summed E-state index contributed by atoms with van der Waals surface area (Å²) in [5, 5.41) is 8.96. The lowest BCUT2D eigenvalue weighted by molar-refractivity contribution is 0.0636. The number of nitrogens with one attached hydrogen (secondary N) is 2. The van der Waals surface area contributed by atoms with Gasteiger partial charge in [0.25, 0.3) is 0 Å². The fourth-order valence-electron chi connectivity index (χ4n) is 1.64. The van der Waals surface area contributed by atoms with Crippen molar-refractivity contribution in [3.63, 3.8) is 0 Å². The van der Waals surface area contributed by atoms with Crippen LogP contribution < -0.4 is 5.32 Å². The molecule has 0 saturated carbocycles. The zero-order valence-electron chi connectivity index (χ0n) is 11.5.